The lowest BCUT2D eigenvalue weighted by molar-refractivity contribution is 0.243. The highest BCUT2D eigenvalue weighted by Crippen LogP contribution is 2.44. The minimum atomic E-state index is -0.114. The Bertz CT molecular complexity index is 483. The summed E-state index contributed by atoms with van der Waals surface area (Å²) in [6.45, 7) is 7.17. The Balaban J connectivity index is 2.14. The highest BCUT2D eigenvalue weighted by Gasteiger charge is 2.35. The first kappa shape index (κ1) is 15.7. The van der Waals surface area contributed by atoms with Crippen molar-refractivity contribution in [3.8, 4) is 0 Å². The molecule has 1 heterocycles. The van der Waals surface area contributed by atoms with Gasteiger partial charge < -0.3 is 15.5 Å². The summed E-state index contributed by atoms with van der Waals surface area (Å²) in [5.41, 5.74) is 3.13. The maximum Gasteiger partial charge on any atom is 0.314 e. The van der Waals surface area contributed by atoms with E-state index in [1.165, 1.54) is 30.5 Å². The SMILES string of the molecule is CCC1(CC)CCN(CCNC(=O)NC)c2ccccc21. The van der Waals surface area contributed by atoms with E-state index < -0.39 is 0 Å². The Labute approximate surface area is 127 Å². The molecule has 0 fully saturated rings. The third-order valence-electron chi connectivity index (χ3n) is 4.92. The van der Waals surface area contributed by atoms with E-state index in [2.05, 4.69) is 53.6 Å². The van der Waals surface area contributed by atoms with E-state index >= 15 is 0 Å². The van der Waals surface area contributed by atoms with Gasteiger partial charge in [0.1, 0.15) is 0 Å². The number of amides is 2. The quantitative estimate of drug-likeness (QED) is 0.875. The van der Waals surface area contributed by atoms with Gasteiger partial charge in [0, 0.05) is 32.4 Å². The lowest BCUT2D eigenvalue weighted by atomic mass is 9.70. The van der Waals surface area contributed by atoms with E-state index in [0.29, 0.717) is 12.0 Å². The number of anilines is 1. The molecule has 0 atom stereocenters. The fourth-order valence-electron chi connectivity index (χ4n) is 3.41. The Morgan fingerprint density at radius 1 is 1.29 bits per heavy atom. The van der Waals surface area contributed by atoms with Crippen LogP contribution in [0.3, 0.4) is 0 Å². The molecule has 1 aromatic carbocycles. The summed E-state index contributed by atoms with van der Waals surface area (Å²) in [4.78, 5) is 13.7. The summed E-state index contributed by atoms with van der Waals surface area (Å²) in [6, 6.07) is 8.64. The highest BCUT2D eigenvalue weighted by atomic mass is 16.2. The van der Waals surface area contributed by atoms with Crippen molar-refractivity contribution in [1.29, 1.82) is 0 Å². The molecule has 21 heavy (non-hydrogen) atoms. The van der Waals surface area contributed by atoms with E-state index in [1.54, 1.807) is 7.05 Å². The molecule has 0 aliphatic carbocycles. The summed E-state index contributed by atoms with van der Waals surface area (Å²) in [6.07, 6.45) is 3.56. The van der Waals surface area contributed by atoms with Crippen LogP contribution in [0.4, 0.5) is 10.5 Å². The van der Waals surface area contributed by atoms with Crippen molar-refractivity contribution in [1.82, 2.24) is 10.6 Å². The van der Waals surface area contributed by atoms with E-state index in [-0.39, 0.29) is 6.03 Å². The second-order valence-electron chi connectivity index (χ2n) is 5.75. The fraction of sp³-hybridized carbons (Fsp3) is 0.588. The first-order valence-electron chi connectivity index (χ1n) is 7.97. The number of hydrogen-bond donors (Lipinski definition) is 2. The number of nitrogens with zero attached hydrogens (tertiary/aromatic N) is 1. The molecule has 0 bridgehead atoms. The van der Waals surface area contributed by atoms with Crippen LogP contribution < -0.4 is 15.5 Å². The monoisotopic (exact) mass is 289 g/mol. The van der Waals surface area contributed by atoms with Gasteiger partial charge in [-0.05, 0) is 36.3 Å². The molecule has 2 amide bonds. The van der Waals surface area contributed by atoms with E-state index in [9.17, 15) is 4.79 Å². The summed E-state index contributed by atoms with van der Waals surface area (Å²) in [5, 5.41) is 5.45. The van der Waals surface area contributed by atoms with Crippen LogP contribution in [0.2, 0.25) is 0 Å². The number of urea groups is 1. The predicted molar refractivity (Wildman–Crippen MR) is 88.0 cm³/mol. The number of carbonyl (C=O) groups excluding carboxylic acids is 1. The van der Waals surface area contributed by atoms with Crippen molar-refractivity contribution >= 4 is 11.7 Å². The average Bonchev–Trinajstić information content (AvgIpc) is 2.55. The molecule has 116 valence electrons. The maximum atomic E-state index is 11.3. The van der Waals surface area contributed by atoms with Crippen molar-refractivity contribution < 1.29 is 4.79 Å². The molecule has 1 aliphatic heterocycles. The molecule has 0 radical (unpaired) electrons. The summed E-state index contributed by atoms with van der Waals surface area (Å²) >= 11 is 0. The van der Waals surface area contributed by atoms with Crippen molar-refractivity contribution in [3.05, 3.63) is 29.8 Å². The number of rotatable bonds is 5. The van der Waals surface area contributed by atoms with Gasteiger partial charge >= 0.3 is 6.03 Å². The van der Waals surface area contributed by atoms with Crippen LogP contribution in [0.25, 0.3) is 0 Å². The van der Waals surface area contributed by atoms with Gasteiger partial charge in [-0.25, -0.2) is 4.79 Å². The Kier molecular flexibility index (Phi) is 5.10. The molecular weight excluding hydrogens is 262 g/mol. The third kappa shape index (κ3) is 3.14. The van der Waals surface area contributed by atoms with Gasteiger partial charge in [0.2, 0.25) is 0 Å². The van der Waals surface area contributed by atoms with E-state index in [0.717, 1.165) is 13.1 Å². The van der Waals surface area contributed by atoms with Crippen LogP contribution in [0.15, 0.2) is 24.3 Å². The fourth-order valence-corrected chi connectivity index (χ4v) is 3.41. The standard InChI is InChI=1S/C17H27N3O/c1-4-17(5-2)10-12-20(13-11-19-16(21)18-3)15-9-7-6-8-14(15)17/h6-9H,4-5,10-13H2,1-3H3,(H2,18,19,21). The van der Waals surface area contributed by atoms with Crippen molar-refractivity contribution in [3.63, 3.8) is 0 Å². The smallest absolute Gasteiger partial charge is 0.314 e. The Hall–Kier alpha value is -1.71. The zero-order valence-corrected chi connectivity index (χ0v) is 13.4. The van der Waals surface area contributed by atoms with Gasteiger partial charge in [-0.1, -0.05) is 32.0 Å². The second-order valence-corrected chi connectivity index (χ2v) is 5.75. The summed E-state index contributed by atoms with van der Waals surface area (Å²) in [5.74, 6) is 0. The zero-order valence-electron chi connectivity index (χ0n) is 13.4. The molecule has 0 saturated carbocycles. The molecule has 0 aromatic heterocycles. The van der Waals surface area contributed by atoms with E-state index in [4.69, 9.17) is 0 Å². The predicted octanol–water partition coefficient (Wildman–Crippen LogP) is 2.88. The maximum absolute atomic E-state index is 11.3. The molecule has 4 heteroatoms. The first-order valence-corrected chi connectivity index (χ1v) is 7.97. The van der Waals surface area contributed by atoms with Crippen LogP contribution in [-0.4, -0.2) is 32.7 Å². The van der Waals surface area contributed by atoms with Crippen LogP contribution in [0.1, 0.15) is 38.7 Å². The number of fused-ring (bicyclic) bond motifs is 1. The minimum absolute atomic E-state index is 0.114. The van der Waals surface area contributed by atoms with Gasteiger partial charge in [0.25, 0.3) is 0 Å². The number of benzene rings is 1. The van der Waals surface area contributed by atoms with Crippen molar-refractivity contribution in [2.75, 3.05) is 31.6 Å². The largest absolute Gasteiger partial charge is 0.369 e. The number of para-hydroxylation sites is 1. The first-order chi connectivity index (χ1) is 10.2. The van der Waals surface area contributed by atoms with Crippen LogP contribution in [0, 0.1) is 0 Å². The van der Waals surface area contributed by atoms with Gasteiger partial charge in [-0.2, -0.15) is 0 Å². The normalized spacial score (nSPS) is 16.2. The minimum Gasteiger partial charge on any atom is -0.369 e. The van der Waals surface area contributed by atoms with Gasteiger partial charge in [-0.3, -0.25) is 0 Å². The summed E-state index contributed by atoms with van der Waals surface area (Å²) < 4.78 is 0. The van der Waals surface area contributed by atoms with Gasteiger partial charge in [0.05, 0.1) is 0 Å². The molecule has 1 aliphatic rings. The summed E-state index contributed by atoms with van der Waals surface area (Å²) in [7, 11) is 1.64. The second kappa shape index (κ2) is 6.83. The molecule has 0 spiro atoms. The average molecular weight is 289 g/mol. The molecule has 1 aromatic rings. The van der Waals surface area contributed by atoms with Crippen molar-refractivity contribution in [2.24, 2.45) is 0 Å². The van der Waals surface area contributed by atoms with Crippen LogP contribution in [-0.2, 0) is 5.41 Å². The Morgan fingerprint density at radius 3 is 2.67 bits per heavy atom. The zero-order chi connectivity index (χ0) is 15.3. The van der Waals surface area contributed by atoms with Crippen LogP contribution >= 0.6 is 0 Å². The molecule has 0 unspecified atom stereocenters. The number of hydrogen-bond acceptors (Lipinski definition) is 2. The highest BCUT2D eigenvalue weighted by molar-refractivity contribution is 5.73. The molecule has 2 N–H and O–H groups in total. The topological polar surface area (TPSA) is 44.4 Å². The van der Waals surface area contributed by atoms with Crippen LogP contribution in [0.5, 0.6) is 0 Å². The molecule has 0 saturated heterocycles. The Morgan fingerprint density at radius 2 is 2.00 bits per heavy atom. The van der Waals surface area contributed by atoms with Gasteiger partial charge in [0.15, 0.2) is 0 Å². The molecular formula is C17H27N3O. The number of nitrogens with one attached hydrogen (secondary N) is 2. The third-order valence-corrected chi connectivity index (χ3v) is 4.92. The lowest BCUT2D eigenvalue weighted by Crippen LogP contribution is -2.44. The lowest BCUT2D eigenvalue weighted by Gasteiger charge is -2.43. The molecule has 4 nitrogen and oxygen atoms in total. The number of carbonyl (C=O) groups is 1. The van der Waals surface area contributed by atoms with E-state index in [1.807, 2.05) is 0 Å². The van der Waals surface area contributed by atoms with Gasteiger partial charge in [-0.15, -0.1) is 0 Å². The van der Waals surface area contributed by atoms with Crippen molar-refractivity contribution in [2.45, 2.75) is 38.5 Å². The molecule has 2 rings (SSSR count).